The van der Waals surface area contributed by atoms with E-state index >= 15 is 0 Å². The fourth-order valence-electron chi connectivity index (χ4n) is 4.17. The Hall–Kier alpha value is -2.38. The number of carbonyl (C=O) groups is 1. The zero-order chi connectivity index (χ0) is 20.4. The predicted molar refractivity (Wildman–Crippen MR) is 115 cm³/mol. The number of rotatable bonds is 5. The number of para-hydroxylation sites is 1. The summed E-state index contributed by atoms with van der Waals surface area (Å²) in [5.74, 6) is -0.149. The van der Waals surface area contributed by atoms with Gasteiger partial charge in [-0.25, -0.2) is 8.42 Å². The molecule has 2 aromatic carbocycles. The van der Waals surface area contributed by atoms with E-state index in [1.165, 1.54) is 9.87 Å². The fraction of sp³-hybridized carbons (Fsp3) is 0.409. The van der Waals surface area contributed by atoms with E-state index in [0.29, 0.717) is 18.8 Å². The molecule has 1 fully saturated rings. The summed E-state index contributed by atoms with van der Waals surface area (Å²) in [6, 6.07) is 15.0. The van der Waals surface area contributed by atoms with Crippen LogP contribution in [-0.4, -0.2) is 44.3 Å². The summed E-state index contributed by atoms with van der Waals surface area (Å²) < 4.78 is 27.1. The molecule has 2 heterocycles. The molecule has 2 aromatic rings. The molecule has 0 bridgehead atoms. The minimum atomic E-state index is -3.50. The Morgan fingerprint density at radius 2 is 1.86 bits per heavy atom. The van der Waals surface area contributed by atoms with Gasteiger partial charge in [0.1, 0.15) is 0 Å². The van der Waals surface area contributed by atoms with Gasteiger partial charge < -0.3 is 10.2 Å². The SMILES string of the molecule is C[C@@H]1CCc2ccccc2N1CC(=O)Nc1cccc(S(=O)(=O)N2CCCC2)c1. The van der Waals surface area contributed by atoms with Crippen molar-refractivity contribution in [3.8, 4) is 0 Å². The van der Waals surface area contributed by atoms with Crippen LogP contribution in [0.25, 0.3) is 0 Å². The van der Waals surface area contributed by atoms with E-state index in [1.54, 1.807) is 24.3 Å². The summed E-state index contributed by atoms with van der Waals surface area (Å²) in [4.78, 5) is 15.1. The molecule has 0 aliphatic carbocycles. The van der Waals surface area contributed by atoms with Crippen molar-refractivity contribution < 1.29 is 13.2 Å². The first-order chi connectivity index (χ1) is 13.9. The van der Waals surface area contributed by atoms with E-state index in [2.05, 4.69) is 29.3 Å². The number of aryl methyl sites for hydroxylation is 1. The van der Waals surface area contributed by atoms with Gasteiger partial charge in [-0.05, 0) is 62.4 Å². The minimum Gasteiger partial charge on any atom is -0.359 e. The van der Waals surface area contributed by atoms with Crippen LogP contribution in [0.1, 0.15) is 31.7 Å². The van der Waals surface area contributed by atoms with E-state index < -0.39 is 10.0 Å². The highest BCUT2D eigenvalue weighted by Gasteiger charge is 2.28. The average molecular weight is 414 g/mol. The van der Waals surface area contributed by atoms with Gasteiger partial charge in [-0.15, -0.1) is 0 Å². The molecule has 1 atom stereocenters. The van der Waals surface area contributed by atoms with Gasteiger partial charge in [-0.3, -0.25) is 4.79 Å². The highest BCUT2D eigenvalue weighted by Crippen LogP contribution is 2.30. The molecule has 0 spiro atoms. The van der Waals surface area contributed by atoms with Crippen molar-refractivity contribution in [3.05, 3.63) is 54.1 Å². The minimum absolute atomic E-state index is 0.149. The van der Waals surface area contributed by atoms with Crippen molar-refractivity contribution >= 4 is 27.3 Å². The Kier molecular flexibility index (Phi) is 5.61. The fourth-order valence-corrected chi connectivity index (χ4v) is 5.73. The third-order valence-electron chi connectivity index (χ3n) is 5.80. The second-order valence-electron chi connectivity index (χ2n) is 7.83. The highest BCUT2D eigenvalue weighted by molar-refractivity contribution is 7.89. The van der Waals surface area contributed by atoms with Crippen molar-refractivity contribution in [1.29, 1.82) is 0 Å². The molecule has 0 saturated carbocycles. The molecule has 2 aliphatic heterocycles. The van der Waals surface area contributed by atoms with Crippen LogP contribution in [0.5, 0.6) is 0 Å². The van der Waals surface area contributed by atoms with Gasteiger partial charge in [0.15, 0.2) is 0 Å². The first-order valence-corrected chi connectivity index (χ1v) is 11.6. The predicted octanol–water partition coefficient (Wildman–Crippen LogP) is 3.25. The Morgan fingerprint density at radius 3 is 2.66 bits per heavy atom. The van der Waals surface area contributed by atoms with Crippen LogP contribution < -0.4 is 10.2 Å². The molecule has 0 unspecified atom stereocenters. The van der Waals surface area contributed by atoms with Crippen LogP contribution in [-0.2, 0) is 21.2 Å². The summed E-state index contributed by atoms with van der Waals surface area (Å²) in [6.07, 6.45) is 3.82. The molecule has 29 heavy (non-hydrogen) atoms. The van der Waals surface area contributed by atoms with Crippen molar-refractivity contribution in [2.45, 2.75) is 43.5 Å². The van der Waals surface area contributed by atoms with Gasteiger partial charge in [0.05, 0.1) is 11.4 Å². The Morgan fingerprint density at radius 1 is 1.10 bits per heavy atom. The number of fused-ring (bicyclic) bond motifs is 1. The van der Waals surface area contributed by atoms with Crippen molar-refractivity contribution in [2.75, 3.05) is 29.9 Å². The molecule has 6 nitrogen and oxygen atoms in total. The van der Waals surface area contributed by atoms with Crippen LogP contribution in [0.4, 0.5) is 11.4 Å². The number of nitrogens with one attached hydrogen (secondary N) is 1. The Balaban J connectivity index is 1.48. The molecule has 0 aromatic heterocycles. The zero-order valence-electron chi connectivity index (χ0n) is 16.7. The van der Waals surface area contributed by atoms with E-state index in [9.17, 15) is 13.2 Å². The van der Waals surface area contributed by atoms with E-state index in [-0.39, 0.29) is 23.4 Å². The molecule has 2 aliphatic rings. The van der Waals surface area contributed by atoms with Gasteiger partial charge in [-0.2, -0.15) is 4.31 Å². The summed E-state index contributed by atoms with van der Waals surface area (Å²) in [5.41, 5.74) is 2.87. The summed E-state index contributed by atoms with van der Waals surface area (Å²) >= 11 is 0. The lowest BCUT2D eigenvalue weighted by Crippen LogP contribution is -2.42. The number of anilines is 2. The first-order valence-electron chi connectivity index (χ1n) is 10.2. The van der Waals surface area contributed by atoms with Gasteiger partial charge in [0.2, 0.25) is 15.9 Å². The van der Waals surface area contributed by atoms with Crippen LogP contribution in [0.15, 0.2) is 53.4 Å². The normalized spacial score (nSPS) is 19.8. The van der Waals surface area contributed by atoms with Gasteiger partial charge in [0.25, 0.3) is 0 Å². The Labute approximate surface area is 172 Å². The number of benzene rings is 2. The van der Waals surface area contributed by atoms with Crippen LogP contribution in [0, 0.1) is 0 Å². The van der Waals surface area contributed by atoms with Crippen LogP contribution in [0.3, 0.4) is 0 Å². The quantitative estimate of drug-likeness (QED) is 0.817. The number of hydrogen-bond donors (Lipinski definition) is 1. The number of nitrogens with zero attached hydrogens (tertiary/aromatic N) is 2. The molecule has 7 heteroatoms. The lowest BCUT2D eigenvalue weighted by molar-refractivity contribution is -0.115. The van der Waals surface area contributed by atoms with Gasteiger partial charge >= 0.3 is 0 Å². The van der Waals surface area contributed by atoms with Crippen molar-refractivity contribution in [2.24, 2.45) is 0 Å². The number of carbonyl (C=O) groups excluding carboxylic acids is 1. The maximum atomic E-state index is 12.8. The lowest BCUT2D eigenvalue weighted by atomic mass is 9.96. The maximum Gasteiger partial charge on any atom is 0.243 e. The highest BCUT2D eigenvalue weighted by atomic mass is 32.2. The van der Waals surface area contributed by atoms with Gasteiger partial charge in [0, 0.05) is 30.5 Å². The second-order valence-corrected chi connectivity index (χ2v) is 9.77. The van der Waals surface area contributed by atoms with Crippen molar-refractivity contribution in [3.63, 3.8) is 0 Å². The zero-order valence-corrected chi connectivity index (χ0v) is 17.5. The molecule has 1 N–H and O–H groups in total. The van der Waals surface area contributed by atoms with E-state index in [1.807, 2.05) is 12.1 Å². The lowest BCUT2D eigenvalue weighted by Gasteiger charge is -2.36. The molecular formula is C22H27N3O3S. The van der Waals surface area contributed by atoms with Crippen LogP contribution >= 0.6 is 0 Å². The summed E-state index contributed by atoms with van der Waals surface area (Å²) in [5, 5.41) is 2.88. The average Bonchev–Trinajstić information content (AvgIpc) is 3.26. The number of amides is 1. The molecule has 1 saturated heterocycles. The molecule has 154 valence electrons. The standard InChI is InChI=1S/C22H27N3O3S/c1-17-11-12-18-7-2-3-10-21(18)25(17)16-22(26)23-19-8-6-9-20(15-19)29(27,28)24-13-4-5-14-24/h2-3,6-10,15,17H,4-5,11-14,16H2,1H3,(H,23,26)/t17-/m1/s1. The number of hydrogen-bond acceptors (Lipinski definition) is 4. The smallest absolute Gasteiger partial charge is 0.243 e. The summed E-state index contributed by atoms with van der Waals surface area (Å²) in [6.45, 7) is 3.49. The second kappa shape index (κ2) is 8.16. The summed E-state index contributed by atoms with van der Waals surface area (Å²) in [7, 11) is -3.50. The van der Waals surface area contributed by atoms with E-state index in [4.69, 9.17) is 0 Å². The first kappa shape index (κ1) is 19.9. The topological polar surface area (TPSA) is 69.7 Å². The monoisotopic (exact) mass is 413 g/mol. The van der Waals surface area contributed by atoms with E-state index in [0.717, 1.165) is 31.4 Å². The number of sulfonamides is 1. The third kappa shape index (κ3) is 4.16. The van der Waals surface area contributed by atoms with Gasteiger partial charge in [-0.1, -0.05) is 24.3 Å². The van der Waals surface area contributed by atoms with Crippen LogP contribution in [0.2, 0.25) is 0 Å². The van der Waals surface area contributed by atoms with Crippen molar-refractivity contribution in [1.82, 2.24) is 4.31 Å². The largest absolute Gasteiger partial charge is 0.359 e. The third-order valence-corrected chi connectivity index (χ3v) is 7.69. The molecule has 0 radical (unpaired) electrons. The Bertz CT molecular complexity index is 1000. The molecule has 1 amide bonds. The molecule has 4 rings (SSSR count). The maximum absolute atomic E-state index is 12.8. The molecular weight excluding hydrogens is 386 g/mol.